The Morgan fingerprint density at radius 1 is 1.14 bits per heavy atom. The molecule has 0 amide bonds. The third-order valence-electron chi connectivity index (χ3n) is 7.45. The summed E-state index contributed by atoms with van der Waals surface area (Å²) in [7, 11) is 1.81. The van der Waals surface area contributed by atoms with Crippen LogP contribution in [-0.4, -0.2) is 46.1 Å². The van der Waals surface area contributed by atoms with Crippen molar-refractivity contribution < 1.29 is 9.13 Å². The molecular weight excluding hydrogens is 445 g/mol. The van der Waals surface area contributed by atoms with Gasteiger partial charge in [-0.3, -0.25) is 0 Å². The van der Waals surface area contributed by atoms with E-state index in [0.717, 1.165) is 78.5 Å². The van der Waals surface area contributed by atoms with Gasteiger partial charge in [-0.2, -0.15) is 9.97 Å². The first kappa shape index (κ1) is 22.2. The zero-order valence-electron chi connectivity index (χ0n) is 20.1. The standard InChI is InChI=1S/C26H30FN7O/c1-3-34(13-15-6-7-20(15)28)25-23-19-8-16(27)9-21(29-2)18(19)10-22(23)32-26(33-25)35-17-11-30-24(31-12-17)14-4-5-14/h8-9,11-12,14-15,20,29H,3-7,10,13,28H2,1-2H3/t15?,20-/m1/s1. The zero-order chi connectivity index (χ0) is 24.1. The Morgan fingerprint density at radius 3 is 2.57 bits per heavy atom. The maximum absolute atomic E-state index is 14.6. The highest BCUT2D eigenvalue weighted by molar-refractivity contribution is 5.88. The molecule has 0 aliphatic heterocycles. The number of fused-ring (bicyclic) bond motifs is 3. The van der Waals surface area contributed by atoms with Crippen molar-refractivity contribution in [2.45, 2.75) is 51.0 Å². The SMILES string of the molecule is CCN(CC1CC[C@H]1N)c1nc(Oc2cnc(C3CC3)nc2)nc2c1-c1cc(F)cc(NC)c1C2. The quantitative estimate of drug-likeness (QED) is 0.390. The number of ether oxygens (including phenoxy) is 1. The van der Waals surface area contributed by atoms with Gasteiger partial charge in [-0.1, -0.05) is 0 Å². The molecule has 8 nitrogen and oxygen atoms in total. The van der Waals surface area contributed by atoms with E-state index in [9.17, 15) is 4.39 Å². The van der Waals surface area contributed by atoms with Gasteiger partial charge in [0.15, 0.2) is 5.75 Å². The van der Waals surface area contributed by atoms with Crippen LogP contribution in [0.5, 0.6) is 11.8 Å². The molecule has 1 aromatic carbocycles. The molecule has 9 heteroatoms. The summed E-state index contributed by atoms with van der Waals surface area (Å²) in [6, 6.07) is 3.57. The number of hydrogen-bond donors (Lipinski definition) is 2. The topological polar surface area (TPSA) is 102 Å². The molecule has 2 fully saturated rings. The maximum atomic E-state index is 14.6. The summed E-state index contributed by atoms with van der Waals surface area (Å²) in [6.07, 6.45) is 8.39. The third kappa shape index (κ3) is 4.07. The minimum Gasteiger partial charge on any atom is -0.421 e. The molecule has 0 bridgehead atoms. The Balaban J connectivity index is 1.40. The molecule has 2 atom stereocenters. The number of nitrogens with two attached hydrogens (primary N) is 1. The Bertz CT molecular complexity index is 1260. The van der Waals surface area contributed by atoms with Gasteiger partial charge in [0, 0.05) is 49.8 Å². The van der Waals surface area contributed by atoms with Crippen molar-refractivity contribution >= 4 is 11.5 Å². The lowest BCUT2D eigenvalue weighted by atomic mass is 9.80. The summed E-state index contributed by atoms with van der Waals surface area (Å²) < 4.78 is 20.6. The number of halogens is 1. The summed E-state index contributed by atoms with van der Waals surface area (Å²) in [6.45, 7) is 3.64. The minimum atomic E-state index is -0.288. The van der Waals surface area contributed by atoms with Crippen LogP contribution >= 0.6 is 0 Å². The average Bonchev–Trinajstić information content (AvgIpc) is 3.64. The van der Waals surface area contributed by atoms with E-state index in [1.165, 1.54) is 6.07 Å². The van der Waals surface area contributed by atoms with Crippen molar-refractivity contribution in [1.29, 1.82) is 0 Å². The van der Waals surface area contributed by atoms with Crippen LogP contribution in [0.4, 0.5) is 15.9 Å². The highest BCUT2D eigenvalue weighted by Crippen LogP contribution is 2.46. The van der Waals surface area contributed by atoms with E-state index in [1.54, 1.807) is 25.5 Å². The van der Waals surface area contributed by atoms with Crippen molar-refractivity contribution in [1.82, 2.24) is 19.9 Å². The predicted octanol–water partition coefficient (Wildman–Crippen LogP) is 4.25. The van der Waals surface area contributed by atoms with Gasteiger partial charge in [-0.25, -0.2) is 14.4 Å². The normalized spacial score (nSPS) is 20.1. The van der Waals surface area contributed by atoms with Crippen molar-refractivity contribution in [3.05, 3.63) is 47.4 Å². The van der Waals surface area contributed by atoms with Gasteiger partial charge in [0.2, 0.25) is 0 Å². The number of rotatable bonds is 8. The number of hydrogen-bond acceptors (Lipinski definition) is 8. The highest BCUT2D eigenvalue weighted by Gasteiger charge is 2.34. The second kappa shape index (κ2) is 8.71. The Morgan fingerprint density at radius 2 is 1.94 bits per heavy atom. The van der Waals surface area contributed by atoms with Crippen LogP contribution < -0.4 is 20.7 Å². The van der Waals surface area contributed by atoms with E-state index in [-0.39, 0.29) is 17.9 Å². The fraction of sp³-hybridized carbons (Fsp3) is 0.462. The van der Waals surface area contributed by atoms with Gasteiger partial charge < -0.3 is 20.7 Å². The van der Waals surface area contributed by atoms with Crippen molar-refractivity contribution in [3.63, 3.8) is 0 Å². The number of benzene rings is 1. The molecule has 2 heterocycles. The molecular formula is C26H30FN7O. The minimum absolute atomic E-state index is 0.206. The fourth-order valence-corrected chi connectivity index (χ4v) is 5.10. The molecule has 35 heavy (non-hydrogen) atoms. The van der Waals surface area contributed by atoms with Gasteiger partial charge in [0.05, 0.1) is 18.1 Å². The maximum Gasteiger partial charge on any atom is 0.324 e. The number of nitrogens with zero attached hydrogens (tertiary/aromatic N) is 5. The molecule has 1 unspecified atom stereocenters. The van der Waals surface area contributed by atoms with Crippen molar-refractivity contribution in [3.8, 4) is 22.9 Å². The van der Waals surface area contributed by atoms with Crippen LogP contribution in [0.2, 0.25) is 0 Å². The lowest BCUT2D eigenvalue weighted by Crippen LogP contribution is -2.46. The van der Waals surface area contributed by atoms with Gasteiger partial charge in [0.25, 0.3) is 0 Å². The number of aromatic nitrogens is 4. The van der Waals surface area contributed by atoms with Crippen LogP contribution in [0.3, 0.4) is 0 Å². The van der Waals surface area contributed by atoms with Gasteiger partial charge in [0.1, 0.15) is 17.5 Å². The molecule has 3 N–H and O–H groups in total. The van der Waals surface area contributed by atoms with Crippen LogP contribution in [0.25, 0.3) is 11.1 Å². The molecule has 2 aromatic heterocycles. The molecule has 2 saturated carbocycles. The lowest BCUT2D eigenvalue weighted by Gasteiger charge is -2.38. The first-order valence-corrected chi connectivity index (χ1v) is 12.5. The average molecular weight is 476 g/mol. The first-order valence-electron chi connectivity index (χ1n) is 12.5. The monoisotopic (exact) mass is 475 g/mol. The largest absolute Gasteiger partial charge is 0.421 e. The molecule has 3 aromatic rings. The van der Waals surface area contributed by atoms with Crippen LogP contribution in [-0.2, 0) is 6.42 Å². The smallest absolute Gasteiger partial charge is 0.324 e. The molecule has 3 aliphatic carbocycles. The van der Waals surface area contributed by atoms with Crippen LogP contribution in [0.15, 0.2) is 24.5 Å². The molecule has 6 rings (SSSR count). The Kier molecular flexibility index (Phi) is 5.51. The molecule has 0 radical (unpaired) electrons. The van der Waals surface area contributed by atoms with E-state index in [0.29, 0.717) is 24.0 Å². The van der Waals surface area contributed by atoms with E-state index in [1.807, 2.05) is 0 Å². The van der Waals surface area contributed by atoms with E-state index >= 15 is 0 Å². The van der Waals surface area contributed by atoms with E-state index in [4.69, 9.17) is 20.4 Å². The van der Waals surface area contributed by atoms with Crippen LogP contribution in [0, 0.1) is 11.7 Å². The number of nitrogens with one attached hydrogen (secondary N) is 1. The second-order valence-electron chi connectivity index (χ2n) is 9.75. The highest BCUT2D eigenvalue weighted by atomic mass is 19.1. The summed E-state index contributed by atoms with van der Waals surface area (Å²) in [5.74, 6) is 2.72. The van der Waals surface area contributed by atoms with Crippen molar-refractivity contribution in [2.24, 2.45) is 11.7 Å². The molecule has 0 saturated heterocycles. The van der Waals surface area contributed by atoms with E-state index < -0.39 is 0 Å². The summed E-state index contributed by atoms with van der Waals surface area (Å²) in [4.78, 5) is 20.7. The fourth-order valence-electron chi connectivity index (χ4n) is 5.10. The molecule has 3 aliphatic rings. The van der Waals surface area contributed by atoms with Gasteiger partial charge >= 0.3 is 6.01 Å². The summed E-state index contributed by atoms with van der Waals surface area (Å²) in [5, 5.41) is 3.13. The first-order chi connectivity index (χ1) is 17.0. The molecule has 0 spiro atoms. The van der Waals surface area contributed by atoms with Crippen molar-refractivity contribution in [2.75, 3.05) is 30.4 Å². The second-order valence-corrected chi connectivity index (χ2v) is 9.75. The zero-order valence-corrected chi connectivity index (χ0v) is 20.1. The third-order valence-corrected chi connectivity index (χ3v) is 7.45. The summed E-state index contributed by atoms with van der Waals surface area (Å²) in [5.41, 5.74) is 10.6. The van der Waals surface area contributed by atoms with E-state index in [2.05, 4.69) is 27.1 Å². The number of anilines is 2. The Labute approximate surface area is 204 Å². The summed E-state index contributed by atoms with van der Waals surface area (Å²) >= 11 is 0. The lowest BCUT2D eigenvalue weighted by molar-refractivity contribution is 0.260. The van der Waals surface area contributed by atoms with Crippen LogP contribution in [0.1, 0.15) is 55.6 Å². The molecule has 182 valence electrons. The Hall–Kier alpha value is -3.33. The van der Waals surface area contributed by atoms with Gasteiger partial charge in [-0.15, -0.1) is 0 Å². The predicted molar refractivity (Wildman–Crippen MR) is 132 cm³/mol. The van der Waals surface area contributed by atoms with Gasteiger partial charge in [-0.05, 0) is 61.8 Å².